The first kappa shape index (κ1) is 21.2. The number of benzene rings is 1. The quantitative estimate of drug-likeness (QED) is 0.686. The Kier molecular flexibility index (Phi) is 6.18. The Hall–Kier alpha value is -2.53. The van der Waals surface area contributed by atoms with Crippen LogP contribution in [0.4, 0.5) is 5.95 Å². The Morgan fingerprint density at radius 3 is 2.83 bits per heavy atom. The first-order valence-electron chi connectivity index (χ1n) is 9.24. The van der Waals surface area contributed by atoms with Crippen molar-refractivity contribution in [1.82, 2.24) is 14.1 Å². The van der Waals surface area contributed by atoms with Gasteiger partial charge in [0, 0.05) is 37.3 Å². The van der Waals surface area contributed by atoms with Crippen LogP contribution in [0, 0.1) is 11.3 Å². The summed E-state index contributed by atoms with van der Waals surface area (Å²) in [7, 11) is 1.60. The molecule has 4 rings (SSSR count). The second kappa shape index (κ2) is 8.46. The van der Waals surface area contributed by atoms with Gasteiger partial charge in [-0.3, -0.25) is 4.79 Å². The number of hydrogen-bond donors (Lipinski definition) is 1. The van der Waals surface area contributed by atoms with E-state index in [0.717, 1.165) is 24.9 Å². The van der Waals surface area contributed by atoms with E-state index in [4.69, 9.17) is 22.3 Å². The van der Waals surface area contributed by atoms with Crippen LogP contribution < -0.4 is 16.2 Å². The van der Waals surface area contributed by atoms with Crippen LogP contribution in [0.3, 0.4) is 0 Å². The molecule has 0 saturated carbocycles. The second-order valence-electron chi connectivity index (χ2n) is 7.18. The van der Waals surface area contributed by atoms with E-state index >= 15 is 0 Å². The van der Waals surface area contributed by atoms with Crippen LogP contribution >= 0.6 is 24.0 Å². The molecule has 1 fully saturated rings. The number of nitrogens with two attached hydrogens (primary N) is 1. The summed E-state index contributed by atoms with van der Waals surface area (Å²) >= 11 is 6.38. The highest BCUT2D eigenvalue weighted by Gasteiger charge is 2.25. The number of anilines is 1. The van der Waals surface area contributed by atoms with Gasteiger partial charge in [0.25, 0.3) is 5.56 Å². The van der Waals surface area contributed by atoms with Crippen LogP contribution in [0.15, 0.2) is 35.1 Å². The third kappa shape index (κ3) is 3.84. The lowest BCUT2D eigenvalue weighted by molar-refractivity contribution is 0.495. The highest BCUT2D eigenvalue weighted by atomic mass is 35.5. The number of nitriles is 1. The first-order valence-corrected chi connectivity index (χ1v) is 9.61. The molecule has 2 aromatic heterocycles. The van der Waals surface area contributed by atoms with Gasteiger partial charge in [0.1, 0.15) is 17.3 Å². The fourth-order valence-electron chi connectivity index (χ4n) is 3.77. The zero-order valence-electron chi connectivity index (χ0n) is 16.0. The molecule has 0 aliphatic carbocycles. The third-order valence-corrected chi connectivity index (χ3v) is 5.63. The summed E-state index contributed by atoms with van der Waals surface area (Å²) in [6.07, 6.45) is 1.94. The number of halogens is 2. The summed E-state index contributed by atoms with van der Waals surface area (Å²) in [5.74, 6) is 0.692. The Labute approximate surface area is 179 Å². The van der Waals surface area contributed by atoms with Gasteiger partial charge in [0.2, 0.25) is 5.95 Å². The molecule has 1 aliphatic rings. The lowest BCUT2D eigenvalue weighted by Gasteiger charge is -2.32. The Balaban J connectivity index is 0.00000240. The minimum atomic E-state index is -0.249. The largest absolute Gasteiger partial charge is 0.341 e. The van der Waals surface area contributed by atoms with Gasteiger partial charge in [-0.25, -0.2) is 4.98 Å². The lowest BCUT2D eigenvalue weighted by Crippen LogP contribution is -2.44. The summed E-state index contributed by atoms with van der Waals surface area (Å²) in [5.41, 5.74) is 8.09. The van der Waals surface area contributed by atoms with Crippen LogP contribution in [0.25, 0.3) is 11.0 Å². The standard InChI is InChI=1S/C20H21ClN6O.ClH/c1-25-15(10-22)9-17-18(19(25)28)27(11-13-5-2-3-7-16(13)21)20(24-17)26-8-4-6-14(23)12-26;/h2-3,5,7,9,14H,4,6,8,11-12,23H2,1H3;1H/t14-;/m1./s1. The van der Waals surface area contributed by atoms with Crippen molar-refractivity contribution in [3.05, 3.63) is 57.0 Å². The monoisotopic (exact) mass is 432 g/mol. The van der Waals surface area contributed by atoms with Gasteiger partial charge in [0.15, 0.2) is 0 Å². The summed E-state index contributed by atoms with van der Waals surface area (Å²) in [4.78, 5) is 19.9. The van der Waals surface area contributed by atoms with E-state index in [2.05, 4.69) is 11.0 Å². The molecule has 7 nitrogen and oxygen atoms in total. The Bertz CT molecular complexity index is 1150. The van der Waals surface area contributed by atoms with Crippen molar-refractivity contribution in [1.29, 1.82) is 5.26 Å². The number of nitrogens with zero attached hydrogens (tertiary/aromatic N) is 5. The molecule has 0 spiro atoms. The number of imidazole rings is 1. The molecule has 0 unspecified atom stereocenters. The van der Waals surface area contributed by atoms with Crippen molar-refractivity contribution >= 4 is 41.0 Å². The Morgan fingerprint density at radius 2 is 2.14 bits per heavy atom. The van der Waals surface area contributed by atoms with Crippen molar-refractivity contribution in [2.75, 3.05) is 18.0 Å². The molecule has 2 N–H and O–H groups in total. The Morgan fingerprint density at radius 1 is 1.38 bits per heavy atom. The number of hydrogen-bond acceptors (Lipinski definition) is 5. The normalized spacial score (nSPS) is 16.5. The zero-order valence-corrected chi connectivity index (χ0v) is 17.6. The van der Waals surface area contributed by atoms with Crippen LogP contribution in [0.5, 0.6) is 0 Å². The molecule has 1 aromatic carbocycles. The van der Waals surface area contributed by atoms with Gasteiger partial charge in [-0.15, -0.1) is 12.4 Å². The van der Waals surface area contributed by atoms with E-state index in [9.17, 15) is 10.1 Å². The van der Waals surface area contributed by atoms with Gasteiger partial charge in [-0.1, -0.05) is 29.8 Å². The molecule has 29 heavy (non-hydrogen) atoms. The van der Waals surface area contributed by atoms with Gasteiger partial charge in [-0.2, -0.15) is 5.26 Å². The van der Waals surface area contributed by atoms with E-state index in [1.165, 1.54) is 4.57 Å². The molecule has 0 bridgehead atoms. The average molecular weight is 433 g/mol. The van der Waals surface area contributed by atoms with Crippen molar-refractivity contribution in [3.63, 3.8) is 0 Å². The molecular weight excluding hydrogens is 411 g/mol. The van der Waals surface area contributed by atoms with E-state index in [1.54, 1.807) is 13.1 Å². The summed E-state index contributed by atoms with van der Waals surface area (Å²) in [5, 5.41) is 9.98. The van der Waals surface area contributed by atoms with Crippen LogP contribution in [0.1, 0.15) is 24.1 Å². The molecule has 0 amide bonds. The third-order valence-electron chi connectivity index (χ3n) is 5.26. The molecular formula is C20H22Cl2N6O. The van der Waals surface area contributed by atoms with E-state index in [0.29, 0.717) is 35.1 Å². The molecule has 9 heteroatoms. The average Bonchev–Trinajstić information content (AvgIpc) is 3.05. The van der Waals surface area contributed by atoms with Crippen molar-refractivity contribution < 1.29 is 0 Å². The summed E-state index contributed by atoms with van der Waals surface area (Å²) < 4.78 is 3.26. The fraction of sp³-hybridized carbons (Fsp3) is 0.350. The maximum atomic E-state index is 13.0. The van der Waals surface area contributed by atoms with E-state index < -0.39 is 0 Å². The van der Waals surface area contributed by atoms with Crippen molar-refractivity contribution in [2.45, 2.75) is 25.4 Å². The highest BCUT2D eigenvalue weighted by Crippen LogP contribution is 2.27. The zero-order chi connectivity index (χ0) is 19.8. The number of rotatable bonds is 3. The van der Waals surface area contributed by atoms with E-state index in [1.807, 2.05) is 28.8 Å². The number of piperidine rings is 1. The van der Waals surface area contributed by atoms with Crippen molar-refractivity contribution in [2.24, 2.45) is 12.8 Å². The van der Waals surface area contributed by atoms with Gasteiger partial charge < -0.3 is 19.8 Å². The maximum absolute atomic E-state index is 13.0. The lowest BCUT2D eigenvalue weighted by atomic mass is 10.1. The molecule has 1 aliphatic heterocycles. The van der Waals surface area contributed by atoms with E-state index in [-0.39, 0.29) is 29.7 Å². The minimum absolute atomic E-state index is 0. The highest BCUT2D eigenvalue weighted by molar-refractivity contribution is 6.31. The van der Waals surface area contributed by atoms with Crippen LogP contribution in [-0.4, -0.2) is 33.2 Å². The summed E-state index contributed by atoms with van der Waals surface area (Å²) in [6, 6.07) is 11.4. The predicted octanol–water partition coefficient (Wildman–Crippen LogP) is 2.66. The molecule has 152 valence electrons. The molecule has 3 aromatic rings. The minimum Gasteiger partial charge on any atom is -0.341 e. The van der Waals surface area contributed by atoms with Crippen LogP contribution in [0.2, 0.25) is 5.02 Å². The second-order valence-corrected chi connectivity index (χ2v) is 7.58. The molecule has 0 radical (unpaired) electrons. The number of aromatic nitrogens is 3. The predicted molar refractivity (Wildman–Crippen MR) is 117 cm³/mol. The van der Waals surface area contributed by atoms with Gasteiger partial charge in [-0.05, 0) is 24.5 Å². The molecule has 1 atom stereocenters. The first-order chi connectivity index (χ1) is 13.5. The van der Waals surface area contributed by atoms with Crippen LogP contribution in [-0.2, 0) is 13.6 Å². The van der Waals surface area contributed by atoms with Crippen molar-refractivity contribution in [3.8, 4) is 6.07 Å². The summed E-state index contributed by atoms with van der Waals surface area (Å²) in [6.45, 7) is 1.92. The topological polar surface area (TPSA) is 92.9 Å². The number of fused-ring (bicyclic) bond motifs is 1. The van der Waals surface area contributed by atoms with Gasteiger partial charge >= 0.3 is 0 Å². The fourth-order valence-corrected chi connectivity index (χ4v) is 3.96. The number of pyridine rings is 1. The maximum Gasteiger partial charge on any atom is 0.277 e. The SMILES string of the molecule is Cl.Cn1c(C#N)cc2nc(N3CCC[C@@H](N)C3)n(Cc3ccccc3Cl)c2c1=O. The molecule has 1 saturated heterocycles. The molecule has 3 heterocycles. The smallest absolute Gasteiger partial charge is 0.277 e. The van der Waals surface area contributed by atoms with Gasteiger partial charge in [0.05, 0.1) is 12.1 Å².